The van der Waals surface area contributed by atoms with Crippen LogP contribution < -0.4 is 10.6 Å². The molecule has 0 aliphatic carbocycles. The average Bonchev–Trinajstić information content (AvgIpc) is 2.64. The van der Waals surface area contributed by atoms with Crippen LogP contribution in [0.5, 0.6) is 0 Å². The summed E-state index contributed by atoms with van der Waals surface area (Å²) in [5.74, 6) is 0.143. The first-order valence-corrected chi connectivity index (χ1v) is 8.73. The number of para-hydroxylation sites is 1. The van der Waals surface area contributed by atoms with Crippen molar-refractivity contribution in [2.24, 2.45) is 0 Å². The monoisotopic (exact) mass is 386 g/mol. The van der Waals surface area contributed by atoms with E-state index in [-0.39, 0.29) is 5.91 Å². The number of hydrogen-bond donors (Lipinski definition) is 2. The van der Waals surface area contributed by atoms with E-state index in [2.05, 4.69) is 20.6 Å². The summed E-state index contributed by atoms with van der Waals surface area (Å²) >= 11 is 12.0. The van der Waals surface area contributed by atoms with Crippen molar-refractivity contribution in [2.45, 2.75) is 6.42 Å². The van der Waals surface area contributed by atoms with E-state index >= 15 is 0 Å². The highest BCUT2D eigenvalue weighted by atomic mass is 35.5. The SMILES string of the molecule is O=C(Nc1ccccc1Cl)c1cnc(NCCc2cccc(Cl)c2)nc1. The largest absolute Gasteiger partial charge is 0.354 e. The van der Waals surface area contributed by atoms with Gasteiger partial charge in [-0.25, -0.2) is 9.97 Å². The highest BCUT2D eigenvalue weighted by Crippen LogP contribution is 2.21. The molecule has 3 rings (SSSR count). The van der Waals surface area contributed by atoms with Crippen LogP contribution in [-0.2, 0) is 6.42 Å². The highest BCUT2D eigenvalue weighted by molar-refractivity contribution is 6.33. The van der Waals surface area contributed by atoms with Gasteiger partial charge in [-0.2, -0.15) is 0 Å². The third-order valence-corrected chi connectivity index (χ3v) is 4.19. The van der Waals surface area contributed by atoms with Gasteiger partial charge in [-0.05, 0) is 36.2 Å². The fraction of sp³-hybridized carbons (Fsp3) is 0.105. The van der Waals surface area contributed by atoms with Gasteiger partial charge in [0, 0.05) is 24.0 Å². The zero-order valence-corrected chi connectivity index (χ0v) is 15.3. The summed E-state index contributed by atoms with van der Waals surface area (Å²) in [7, 11) is 0. The topological polar surface area (TPSA) is 66.9 Å². The molecule has 0 saturated carbocycles. The Bertz CT molecular complexity index is 900. The Hall–Kier alpha value is -2.63. The number of benzene rings is 2. The summed E-state index contributed by atoms with van der Waals surface area (Å²) < 4.78 is 0. The normalized spacial score (nSPS) is 10.4. The molecule has 0 atom stereocenters. The van der Waals surface area contributed by atoms with Gasteiger partial charge < -0.3 is 10.6 Å². The number of nitrogens with zero attached hydrogens (tertiary/aromatic N) is 2. The van der Waals surface area contributed by atoms with Crippen LogP contribution in [0, 0.1) is 0 Å². The van der Waals surface area contributed by atoms with Gasteiger partial charge in [0.1, 0.15) is 0 Å². The first kappa shape index (κ1) is 18.2. The van der Waals surface area contributed by atoms with Crippen molar-refractivity contribution in [3.05, 3.63) is 82.1 Å². The van der Waals surface area contributed by atoms with E-state index in [4.69, 9.17) is 23.2 Å². The lowest BCUT2D eigenvalue weighted by Gasteiger charge is -2.08. The first-order chi connectivity index (χ1) is 12.6. The number of carbonyl (C=O) groups excluding carboxylic acids is 1. The minimum atomic E-state index is -0.316. The van der Waals surface area contributed by atoms with Crippen LogP contribution in [0.3, 0.4) is 0 Å². The standard InChI is InChI=1S/C19H16Cl2N4O/c20-15-5-3-4-13(10-15)8-9-22-19-23-11-14(12-24-19)18(26)25-17-7-2-1-6-16(17)21/h1-7,10-12H,8-9H2,(H,25,26)(H,22,23,24). The maximum Gasteiger partial charge on any atom is 0.258 e. The van der Waals surface area contributed by atoms with Crippen LogP contribution in [-0.4, -0.2) is 22.4 Å². The van der Waals surface area contributed by atoms with Crippen molar-refractivity contribution < 1.29 is 4.79 Å². The summed E-state index contributed by atoms with van der Waals surface area (Å²) in [6.45, 7) is 0.658. The highest BCUT2D eigenvalue weighted by Gasteiger charge is 2.09. The fourth-order valence-corrected chi connectivity index (χ4v) is 2.70. The minimum absolute atomic E-state index is 0.316. The molecule has 5 nitrogen and oxygen atoms in total. The van der Waals surface area contributed by atoms with Gasteiger partial charge in [0.15, 0.2) is 0 Å². The number of rotatable bonds is 6. The summed E-state index contributed by atoms with van der Waals surface area (Å²) in [4.78, 5) is 20.6. The van der Waals surface area contributed by atoms with Gasteiger partial charge in [0.05, 0.1) is 16.3 Å². The molecule has 0 saturated heterocycles. The molecule has 3 aromatic rings. The van der Waals surface area contributed by atoms with Crippen LogP contribution >= 0.6 is 23.2 Å². The van der Waals surface area contributed by atoms with Gasteiger partial charge >= 0.3 is 0 Å². The number of nitrogens with one attached hydrogen (secondary N) is 2. The molecule has 2 N–H and O–H groups in total. The van der Waals surface area contributed by atoms with Gasteiger partial charge in [0.2, 0.25) is 5.95 Å². The molecule has 1 amide bonds. The lowest BCUT2D eigenvalue weighted by Crippen LogP contribution is -2.14. The van der Waals surface area contributed by atoms with Crippen molar-refractivity contribution in [2.75, 3.05) is 17.2 Å². The van der Waals surface area contributed by atoms with Crippen LogP contribution in [0.15, 0.2) is 60.9 Å². The molecule has 0 unspecified atom stereocenters. The molecule has 0 aliphatic rings. The molecular weight excluding hydrogens is 371 g/mol. The first-order valence-electron chi connectivity index (χ1n) is 7.98. The smallest absolute Gasteiger partial charge is 0.258 e. The molecule has 0 radical (unpaired) electrons. The Morgan fingerprint density at radius 1 is 1.00 bits per heavy atom. The second kappa shape index (κ2) is 8.65. The molecule has 26 heavy (non-hydrogen) atoms. The van der Waals surface area contributed by atoms with Crippen molar-refractivity contribution >= 4 is 40.7 Å². The summed E-state index contributed by atoms with van der Waals surface area (Å²) in [5.41, 5.74) is 2.02. The molecule has 7 heteroatoms. The lowest BCUT2D eigenvalue weighted by atomic mass is 10.1. The molecule has 0 fully saturated rings. The van der Waals surface area contributed by atoms with E-state index in [1.807, 2.05) is 24.3 Å². The van der Waals surface area contributed by atoms with E-state index in [1.165, 1.54) is 12.4 Å². The van der Waals surface area contributed by atoms with Gasteiger partial charge in [-0.1, -0.05) is 47.5 Å². The van der Waals surface area contributed by atoms with Crippen molar-refractivity contribution in [3.8, 4) is 0 Å². The van der Waals surface area contributed by atoms with Gasteiger partial charge in [-0.15, -0.1) is 0 Å². The van der Waals surface area contributed by atoms with Gasteiger partial charge in [0.25, 0.3) is 5.91 Å². The van der Waals surface area contributed by atoms with Crippen LogP contribution in [0.1, 0.15) is 15.9 Å². The molecule has 2 aromatic carbocycles. The number of amides is 1. The van der Waals surface area contributed by atoms with Crippen molar-refractivity contribution in [1.29, 1.82) is 0 Å². The third kappa shape index (κ3) is 4.94. The van der Waals surface area contributed by atoms with E-state index in [9.17, 15) is 4.79 Å². The average molecular weight is 387 g/mol. The molecule has 0 spiro atoms. The predicted octanol–water partition coefficient (Wildman–Crippen LogP) is 4.69. The van der Waals surface area contributed by atoms with Crippen LogP contribution in [0.2, 0.25) is 10.0 Å². The number of hydrogen-bond acceptors (Lipinski definition) is 4. The Labute approximate surface area is 161 Å². The molecule has 0 aliphatic heterocycles. The Balaban J connectivity index is 1.54. The fourth-order valence-electron chi connectivity index (χ4n) is 2.30. The van der Waals surface area contributed by atoms with Crippen molar-refractivity contribution in [1.82, 2.24) is 9.97 Å². The zero-order chi connectivity index (χ0) is 18.4. The maximum absolute atomic E-state index is 12.2. The number of carbonyl (C=O) groups is 1. The Morgan fingerprint density at radius 3 is 2.50 bits per heavy atom. The Morgan fingerprint density at radius 2 is 1.77 bits per heavy atom. The summed E-state index contributed by atoms with van der Waals surface area (Å²) in [5, 5.41) is 7.04. The Kier molecular flexibility index (Phi) is 6.04. The second-order valence-corrected chi connectivity index (χ2v) is 6.38. The number of aromatic nitrogens is 2. The molecule has 1 aromatic heterocycles. The minimum Gasteiger partial charge on any atom is -0.354 e. The molecule has 132 valence electrons. The van der Waals surface area contributed by atoms with Crippen molar-refractivity contribution in [3.63, 3.8) is 0 Å². The van der Waals surface area contributed by atoms with E-state index in [1.54, 1.807) is 24.3 Å². The number of anilines is 2. The van der Waals surface area contributed by atoms with E-state index in [0.29, 0.717) is 33.8 Å². The summed E-state index contributed by atoms with van der Waals surface area (Å²) in [6.07, 6.45) is 3.74. The predicted molar refractivity (Wildman–Crippen MR) is 105 cm³/mol. The second-order valence-electron chi connectivity index (χ2n) is 5.54. The van der Waals surface area contributed by atoms with Crippen LogP contribution in [0.25, 0.3) is 0 Å². The summed E-state index contributed by atoms with van der Waals surface area (Å²) in [6, 6.07) is 14.7. The van der Waals surface area contributed by atoms with E-state index < -0.39 is 0 Å². The zero-order valence-electron chi connectivity index (χ0n) is 13.7. The molecule has 1 heterocycles. The molecule has 0 bridgehead atoms. The molecular formula is C19H16Cl2N4O. The quantitative estimate of drug-likeness (QED) is 0.644. The van der Waals surface area contributed by atoms with E-state index in [0.717, 1.165) is 12.0 Å². The number of halogens is 2. The third-order valence-electron chi connectivity index (χ3n) is 3.62. The van der Waals surface area contributed by atoms with Crippen LogP contribution in [0.4, 0.5) is 11.6 Å². The maximum atomic E-state index is 12.2. The van der Waals surface area contributed by atoms with Gasteiger partial charge in [-0.3, -0.25) is 4.79 Å². The lowest BCUT2D eigenvalue weighted by molar-refractivity contribution is 0.102.